The van der Waals surface area contributed by atoms with Crippen LogP contribution in [-0.2, 0) is 24.2 Å². The van der Waals surface area contributed by atoms with Crippen molar-refractivity contribution in [3.63, 3.8) is 0 Å². The summed E-state index contributed by atoms with van der Waals surface area (Å²) in [4.78, 5) is 32.1. The summed E-state index contributed by atoms with van der Waals surface area (Å²) in [5.74, 6) is -0.216. The van der Waals surface area contributed by atoms with Crippen molar-refractivity contribution < 1.29 is 4.79 Å². The first kappa shape index (κ1) is 19.2. The summed E-state index contributed by atoms with van der Waals surface area (Å²) < 4.78 is 1.42. The number of carbonyl (C=O) groups excluding carboxylic acids is 1. The zero-order valence-electron chi connectivity index (χ0n) is 15.7. The second-order valence-electron chi connectivity index (χ2n) is 7.26. The number of rotatable bonds is 4. The summed E-state index contributed by atoms with van der Waals surface area (Å²) in [6, 6.07) is 7.19. The highest BCUT2D eigenvalue weighted by Gasteiger charge is 2.20. The molecule has 0 spiro atoms. The molecule has 1 atom stereocenters. The van der Waals surface area contributed by atoms with Crippen LogP contribution in [0.2, 0.25) is 5.02 Å². The molecule has 0 aliphatic heterocycles. The van der Waals surface area contributed by atoms with Gasteiger partial charge < -0.3 is 5.32 Å². The van der Waals surface area contributed by atoms with Crippen LogP contribution in [0.25, 0.3) is 10.2 Å². The molecule has 28 heavy (non-hydrogen) atoms. The molecule has 1 unspecified atom stereocenters. The molecule has 7 heteroatoms. The second-order valence-corrected chi connectivity index (χ2v) is 8.78. The summed E-state index contributed by atoms with van der Waals surface area (Å²) in [7, 11) is 0. The average molecular weight is 416 g/mol. The van der Waals surface area contributed by atoms with Gasteiger partial charge in [0.1, 0.15) is 11.4 Å². The lowest BCUT2D eigenvalue weighted by Gasteiger charge is -2.15. The zero-order valence-corrected chi connectivity index (χ0v) is 17.3. The Labute approximate surface area is 172 Å². The molecule has 0 bridgehead atoms. The van der Waals surface area contributed by atoms with Crippen molar-refractivity contribution in [2.75, 3.05) is 0 Å². The third kappa shape index (κ3) is 3.84. The third-order valence-electron chi connectivity index (χ3n) is 5.25. The van der Waals surface area contributed by atoms with Crippen molar-refractivity contribution in [1.29, 1.82) is 0 Å². The van der Waals surface area contributed by atoms with Crippen LogP contribution in [0.1, 0.15) is 48.2 Å². The number of fused-ring (bicyclic) bond motifs is 3. The van der Waals surface area contributed by atoms with Gasteiger partial charge in [0.15, 0.2) is 0 Å². The predicted molar refractivity (Wildman–Crippen MR) is 113 cm³/mol. The van der Waals surface area contributed by atoms with E-state index in [0.29, 0.717) is 10.4 Å². The fourth-order valence-corrected chi connectivity index (χ4v) is 5.09. The summed E-state index contributed by atoms with van der Waals surface area (Å²) in [5.41, 5.74) is 2.00. The molecule has 146 valence electrons. The molecule has 0 saturated carbocycles. The van der Waals surface area contributed by atoms with E-state index in [1.807, 2.05) is 19.1 Å². The molecule has 1 aliphatic rings. The lowest BCUT2D eigenvalue weighted by molar-refractivity contribution is -0.122. The van der Waals surface area contributed by atoms with Crippen LogP contribution in [0.3, 0.4) is 0 Å². The molecular weight excluding hydrogens is 394 g/mol. The van der Waals surface area contributed by atoms with Gasteiger partial charge in [-0.1, -0.05) is 30.2 Å². The van der Waals surface area contributed by atoms with Gasteiger partial charge in [-0.25, -0.2) is 4.98 Å². The highest BCUT2D eigenvalue weighted by molar-refractivity contribution is 7.18. The van der Waals surface area contributed by atoms with Gasteiger partial charge >= 0.3 is 0 Å². The standard InChI is InChI=1S/C21H22ClN3O2S/c1-13(14-7-9-15(22)10-8-14)24-18(26)11-25-12-23-20-19(21(25)27)16-5-3-2-4-6-17(16)28-20/h7-10,12-13H,2-6,11H2,1H3,(H,24,26). The fourth-order valence-electron chi connectivity index (χ4n) is 3.75. The Morgan fingerprint density at radius 2 is 2.00 bits per heavy atom. The van der Waals surface area contributed by atoms with E-state index >= 15 is 0 Å². The van der Waals surface area contributed by atoms with E-state index in [9.17, 15) is 9.59 Å². The topological polar surface area (TPSA) is 64.0 Å². The van der Waals surface area contributed by atoms with Crippen LogP contribution in [0, 0.1) is 0 Å². The Morgan fingerprint density at radius 1 is 1.25 bits per heavy atom. The van der Waals surface area contributed by atoms with Crippen molar-refractivity contribution in [1.82, 2.24) is 14.9 Å². The number of thiophene rings is 1. The number of aromatic nitrogens is 2. The largest absolute Gasteiger partial charge is 0.348 e. The molecular formula is C21H22ClN3O2S. The number of nitrogens with one attached hydrogen (secondary N) is 1. The van der Waals surface area contributed by atoms with Gasteiger partial charge in [0.2, 0.25) is 5.91 Å². The van der Waals surface area contributed by atoms with Gasteiger partial charge in [0.05, 0.1) is 17.8 Å². The molecule has 3 aromatic rings. The normalized spacial score (nSPS) is 15.1. The van der Waals surface area contributed by atoms with Crippen LogP contribution in [0.15, 0.2) is 35.4 Å². The van der Waals surface area contributed by atoms with Crippen molar-refractivity contribution in [2.45, 2.75) is 51.6 Å². The van der Waals surface area contributed by atoms with E-state index in [2.05, 4.69) is 10.3 Å². The van der Waals surface area contributed by atoms with Crippen molar-refractivity contribution in [3.8, 4) is 0 Å². The lowest BCUT2D eigenvalue weighted by atomic mass is 10.1. The Morgan fingerprint density at radius 3 is 2.79 bits per heavy atom. The molecule has 1 aliphatic carbocycles. The number of nitrogens with zero attached hydrogens (tertiary/aromatic N) is 2. The Kier molecular flexibility index (Phi) is 5.51. The van der Waals surface area contributed by atoms with Crippen LogP contribution in [-0.4, -0.2) is 15.5 Å². The summed E-state index contributed by atoms with van der Waals surface area (Å²) >= 11 is 7.54. The van der Waals surface area contributed by atoms with Gasteiger partial charge in [0, 0.05) is 9.90 Å². The van der Waals surface area contributed by atoms with Gasteiger partial charge in [-0.15, -0.1) is 11.3 Å². The Balaban J connectivity index is 1.55. The van der Waals surface area contributed by atoms with E-state index in [4.69, 9.17) is 11.6 Å². The summed E-state index contributed by atoms with van der Waals surface area (Å²) in [5, 5.41) is 4.31. The van der Waals surface area contributed by atoms with E-state index in [1.54, 1.807) is 23.5 Å². The van der Waals surface area contributed by atoms with Crippen molar-refractivity contribution in [3.05, 3.63) is 62.0 Å². The highest BCUT2D eigenvalue weighted by atomic mass is 35.5. The van der Waals surface area contributed by atoms with Crippen LogP contribution in [0.5, 0.6) is 0 Å². The lowest BCUT2D eigenvalue weighted by Crippen LogP contribution is -2.34. The van der Waals surface area contributed by atoms with E-state index in [-0.39, 0.29) is 24.1 Å². The molecule has 1 aromatic carbocycles. The molecule has 5 nitrogen and oxygen atoms in total. The van der Waals surface area contributed by atoms with E-state index < -0.39 is 0 Å². The second kappa shape index (κ2) is 8.05. The summed E-state index contributed by atoms with van der Waals surface area (Å²) in [6.45, 7) is 1.87. The van der Waals surface area contributed by atoms with Crippen molar-refractivity contribution >= 4 is 39.1 Å². The number of halogens is 1. The number of hydrogen-bond acceptors (Lipinski definition) is 4. The SMILES string of the molecule is CC(NC(=O)Cn1cnc2sc3c(c2c1=O)CCCCC3)c1ccc(Cl)cc1. The number of benzene rings is 1. The molecule has 0 fully saturated rings. The maximum atomic E-state index is 13.0. The summed E-state index contributed by atoms with van der Waals surface area (Å²) in [6.07, 6.45) is 6.91. The Hall–Kier alpha value is -2.18. The van der Waals surface area contributed by atoms with Gasteiger partial charge in [-0.05, 0) is 55.9 Å². The molecule has 4 rings (SSSR count). The molecule has 2 aromatic heterocycles. The van der Waals surface area contributed by atoms with Crippen LogP contribution in [0.4, 0.5) is 0 Å². The predicted octanol–water partition coefficient (Wildman–Crippen LogP) is 4.26. The zero-order chi connectivity index (χ0) is 19.7. The minimum absolute atomic E-state index is 0.0374. The maximum Gasteiger partial charge on any atom is 0.262 e. The van der Waals surface area contributed by atoms with E-state index in [0.717, 1.165) is 35.2 Å². The highest BCUT2D eigenvalue weighted by Crippen LogP contribution is 2.32. The van der Waals surface area contributed by atoms with Crippen LogP contribution >= 0.6 is 22.9 Å². The maximum absolute atomic E-state index is 13.0. The smallest absolute Gasteiger partial charge is 0.262 e. The number of aryl methyl sites for hydroxylation is 2. The first-order chi connectivity index (χ1) is 13.5. The number of hydrogen-bond donors (Lipinski definition) is 1. The van der Waals surface area contributed by atoms with Crippen LogP contribution < -0.4 is 10.9 Å². The number of carbonyl (C=O) groups is 1. The van der Waals surface area contributed by atoms with Gasteiger partial charge in [-0.2, -0.15) is 0 Å². The molecule has 0 radical (unpaired) electrons. The molecule has 1 N–H and O–H groups in total. The van der Waals surface area contributed by atoms with Gasteiger partial charge in [0.25, 0.3) is 5.56 Å². The number of amides is 1. The first-order valence-corrected chi connectivity index (χ1v) is 10.8. The monoisotopic (exact) mass is 415 g/mol. The quantitative estimate of drug-likeness (QED) is 0.647. The van der Waals surface area contributed by atoms with Crippen molar-refractivity contribution in [2.24, 2.45) is 0 Å². The Bertz CT molecular complexity index is 1070. The van der Waals surface area contributed by atoms with Gasteiger partial charge in [-0.3, -0.25) is 14.2 Å². The minimum atomic E-state index is -0.216. The third-order valence-corrected chi connectivity index (χ3v) is 6.71. The molecule has 2 heterocycles. The first-order valence-electron chi connectivity index (χ1n) is 9.57. The fraction of sp³-hybridized carbons (Fsp3) is 0.381. The average Bonchev–Trinajstić information content (AvgIpc) is 2.87. The molecule has 0 saturated heterocycles. The van der Waals surface area contributed by atoms with E-state index in [1.165, 1.54) is 28.6 Å². The molecule has 1 amide bonds. The minimum Gasteiger partial charge on any atom is -0.348 e.